The van der Waals surface area contributed by atoms with Crippen molar-refractivity contribution in [2.24, 2.45) is 0 Å². The maximum atomic E-state index is 12.1. The van der Waals surface area contributed by atoms with Gasteiger partial charge in [-0.3, -0.25) is 4.79 Å². The number of nitrogens with one attached hydrogen (secondary N) is 1. The normalized spacial score (nSPS) is 17.4. The van der Waals surface area contributed by atoms with E-state index < -0.39 is 5.60 Å². The van der Waals surface area contributed by atoms with Crippen molar-refractivity contribution < 1.29 is 14.4 Å². The first-order valence-corrected chi connectivity index (χ1v) is 7.53. The highest BCUT2D eigenvalue weighted by Crippen LogP contribution is 2.28. The van der Waals surface area contributed by atoms with Crippen molar-refractivity contribution in [2.45, 2.75) is 64.4 Å². The molecule has 0 aliphatic heterocycles. The summed E-state index contributed by atoms with van der Waals surface area (Å²) in [6.45, 7) is 4.34. The van der Waals surface area contributed by atoms with E-state index in [0.29, 0.717) is 6.54 Å². The van der Waals surface area contributed by atoms with E-state index in [2.05, 4.69) is 10.5 Å². The number of carbonyl (C=O) groups is 1. The molecule has 0 atom stereocenters. The van der Waals surface area contributed by atoms with Crippen molar-refractivity contribution in [3.8, 4) is 0 Å². The molecule has 112 valence electrons. The molecule has 20 heavy (non-hydrogen) atoms. The highest BCUT2D eigenvalue weighted by Gasteiger charge is 2.31. The van der Waals surface area contributed by atoms with Crippen LogP contribution in [0.3, 0.4) is 0 Å². The maximum absolute atomic E-state index is 12.1. The molecule has 1 aromatic rings. The van der Waals surface area contributed by atoms with E-state index in [1.54, 1.807) is 0 Å². The van der Waals surface area contributed by atoms with Crippen molar-refractivity contribution in [1.29, 1.82) is 0 Å². The maximum Gasteiger partial charge on any atom is 0.224 e. The Kier molecular flexibility index (Phi) is 4.81. The summed E-state index contributed by atoms with van der Waals surface area (Å²) in [6, 6.07) is 0. The zero-order valence-electron chi connectivity index (χ0n) is 12.4. The van der Waals surface area contributed by atoms with Crippen LogP contribution in [-0.4, -0.2) is 28.3 Å². The number of nitrogens with zero attached hydrogens (tertiary/aromatic N) is 1. The Labute approximate surface area is 119 Å². The molecule has 1 aliphatic rings. The molecule has 0 aromatic carbocycles. The standard InChI is InChI=1S/C15H24N2O3/c1-3-12-11(13(4-2)20-17-12)9-14(18)16-10-15(19)7-5-6-8-15/h19H,3-10H2,1-2H3,(H,16,18). The van der Waals surface area contributed by atoms with Crippen LogP contribution >= 0.6 is 0 Å². The highest BCUT2D eigenvalue weighted by molar-refractivity contribution is 5.79. The summed E-state index contributed by atoms with van der Waals surface area (Å²) in [5.74, 6) is 0.717. The molecule has 1 amide bonds. The van der Waals surface area contributed by atoms with E-state index in [1.165, 1.54) is 0 Å². The molecule has 2 N–H and O–H groups in total. The summed E-state index contributed by atoms with van der Waals surface area (Å²) in [6.07, 6.45) is 5.42. The fraction of sp³-hybridized carbons (Fsp3) is 0.733. The Morgan fingerprint density at radius 3 is 2.65 bits per heavy atom. The fourth-order valence-corrected chi connectivity index (χ4v) is 2.83. The lowest BCUT2D eigenvalue weighted by Gasteiger charge is -2.22. The Morgan fingerprint density at radius 2 is 2.05 bits per heavy atom. The Hall–Kier alpha value is -1.36. The molecule has 1 aromatic heterocycles. The molecule has 5 nitrogen and oxygen atoms in total. The minimum Gasteiger partial charge on any atom is -0.388 e. The van der Waals surface area contributed by atoms with Gasteiger partial charge in [-0.2, -0.15) is 0 Å². The molecule has 0 saturated heterocycles. The van der Waals surface area contributed by atoms with Crippen LogP contribution in [0.2, 0.25) is 0 Å². The van der Waals surface area contributed by atoms with E-state index in [1.807, 2.05) is 13.8 Å². The monoisotopic (exact) mass is 280 g/mol. The van der Waals surface area contributed by atoms with Crippen molar-refractivity contribution in [1.82, 2.24) is 10.5 Å². The third-order valence-electron chi connectivity index (χ3n) is 4.09. The lowest BCUT2D eigenvalue weighted by atomic mass is 10.0. The van der Waals surface area contributed by atoms with Crippen molar-refractivity contribution in [3.63, 3.8) is 0 Å². The van der Waals surface area contributed by atoms with Gasteiger partial charge in [-0.1, -0.05) is 31.8 Å². The average Bonchev–Trinajstić information content (AvgIpc) is 3.03. The van der Waals surface area contributed by atoms with Gasteiger partial charge >= 0.3 is 0 Å². The van der Waals surface area contributed by atoms with Crippen LogP contribution in [0.4, 0.5) is 0 Å². The predicted octanol–water partition coefficient (Wildman–Crippen LogP) is 1.76. The number of aliphatic hydroxyl groups is 1. The Morgan fingerprint density at radius 1 is 1.35 bits per heavy atom. The molecule has 1 fully saturated rings. The van der Waals surface area contributed by atoms with Crippen LogP contribution in [-0.2, 0) is 24.1 Å². The first-order chi connectivity index (χ1) is 9.58. The Bertz CT molecular complexity index is 440. The number of amides is 1. The molecule has 0 unspecified atom stereocenters. The summed E-state index contributed by atoms with van der Waals surface area (Å²) in [5, 5.41) is 17.1. The number of aryl methyl sites for hydroxylation is 2. The van der Waals surface area contributed by atoms with Crippen LogP contribution in [0.25, 0.3) is 0 Å². The number of carbonyl (C=O) groups excluding carboxylic acids is 1. The minimum absolute atomic E-state index is 0.0714. The van der Waals surface area contributed by atoms with E-state index >= 15 is 0 Å². The third-order valence-corrected chi connectivity index (χ3v) is 4.09. The topological polar surface area (TPSA) is 75.4 Å². The van der Waals surface area contributed by atoms with Gasteiger partial charge in [0.2, 0.25) is 5.91 Å². The van der Waals surface area contributed by atoms with Crippen molar-refractivity contribution >= 4 is 5.91 Å². The first-order valence-electron chi connectivity index (χ1n) is 7.53. The lowest BCUT2D eigenvalue weighted by molar-refractivity contribution is -0.121. The van der Waals surface area contributed by atoms with E-state index in [9.17, 15) is 9.90 Å². The van der Waals surface area contributed by atoms with Crippen LogP contribution in [0.15, 0.2) is 4.52 Å². The van der Waals surface area contributed by atoms with Gasteiger partial charge in [-0.25, -0.2) is 0 Å². The predicted molar refractivity (Wildman–Crippen MR) is 75.4 cm³/mol. The molecule has 0 radical (unpaired) electrons. The van der Waals surface area contributed by atoms with Gasteiger partial charge in [-0.05, 0) is 19.3 Å². The van der Waals surface area contributed by atoms with Crippen LogP contribution in [0.5, 0.6) is 0 Å². The second-order valence-corrected chi connectivity index (χ2v) is 5.62. The summed E-state index contributed by atoms with van der Waals surface area (Å²) in [5.41, 5.74) is 1.06. The van der Waals surface area contributed by atoms with Gasteiger partial charge < -0.3 is 14.9 Å². The molecular weight excluding hydrogens is 256 g/mol. The van der Waals surface area contributed by atoms with E-state index in [-0.39, 0.29) is 12.3 Å². The second kappa shape index (κ2) is 6.39. The largest absolute Gasteiger partial charge is 0.388 e. The number of aromatic nitrogens is 1. The van der Waals surface area contributed by atoms with Crippen LogP contribution in [0, 0.1) is 0 Å². The molecule has 0 bridgehead atoms. The average molecular weight is 280 g/mol. The molecule has 2 rings (SSSR count). The fourth-order valence-electron chi connectivity index (χ4n) is 2.83. The zero-order chi connectivity index (χ0) is 14.6. The number of rotatable bonds is 6. The van der Waals surface area contributed by atoms with E-state index in [4.69, 9.17) is 4.52 Å². The molecule has 1 heterocycles. The third kappa shape index (κ3) is 3.39. The van der Waals surface area contributed by atoms with Gasteiger partial charge in [-0.15, -0.1) is 0 Å². The van der Waals surface area contributed by atoms with Gasteiger partial charge in [0.25, 0.3) is 0 Å². The molecular formula is C15H24N2O3. The second-order valence-electron chi connectivity index (χ2n) is 5.62. The minimum atomic E-state index is -0.703. The first kappa shape index (κ1) is 15.0. The molecule has 1 aliphatic carbocycles. The molecule has 1 saturated carbocycles. The smallest absolute Gasteiger partial charge is 0.224 e. The number of hydrogen-bond acceptors (Lipinski definition) is 4. The van der Waals surface area contributed by atoms with Gasteiger partial charge in [0.1, 0.15) is 5.76 Å². The van der Waals surface area contributed by atoms with Gasteiger partial charge in [0.05, 0.1) is 17.7 Å². The summed E-state index contributed by atoms with van der Waals surface area (Å²) < 4.78 is 5.26. The number of hydrogen-bond donors (Lipinski definition) is 2. The SMILES string of the molecule is CCc1noc(CC)c1CC(=O)NCC1(O)CCCC1. The van der Waals surface area contributed by atoms with Crippen molar-refractivity contribution in [3.05, 3.63) is 17.0 Å². The molecule has 0 spiro atoms. The van der Waals surface area contributed by atoms with Crippen LogP contribution in [0.1, 0.15) is 56.5 Å². The van der Waals surface area contributed by atoms with Crippen molar-refractivity contribution in [2.75, 3.05) is 6.54 Å². The summed E-state index contributed by atoms with van der Waals surface area (Å²) in [7, 11) is 0. The highest BCUT2D eigenvalue weighted by atomic mass is 16.5. The Balaban J connectivity index is 1.92. The van der Waals surface area contributed by atoms with E-state index in [0.717, 1.165) is 55.5 Å². The summed E-state index contributed by atoms with van der Waals surface area (Å²) in [4.78, 5) is 12.1. The van der Waals surface area contributed by atoms with Gasteiger partial charge in [0.15, 0.2) is 0 Å². The quantitative estimate of drug-likeness (QED) is 0.832. The van der Waals surface area contributed by atoms with Gasteiger partial charge in [0, 0.05) is 18.5 Å². The van der Waals surface area contributed by atoms with Crippen LogP contribution < -0.4 is 5.32 Å². The zero-order valence-corrected chi connectivity index (χ0v) is 12.4. The summed E-state index contributed by atoms with van der Waals surface area (Å²) >= 11 is 0. The molecule has 5 heteroatoms. The lowest BCUT2D eigenvalue weighted by Crippen LogP contribution is -2.41.